The maximum absolute atomic E-state index is 14.6. The highest BCUT2D eigenvalue weighted by Crippen LogP contribution is 2.39. The van der Waals surface area contributed by atoms with Crippen LogP contribution in [0.25, 0.3) is 0 Å². The number of halogens is 12. The van der Waals surface area contributed by atoms with Gasteiger partial charge in [0.05, 0.1) is 17.2 Å². The van der Waals surface area contributed by atoms with Crippen LogP contribution in [0.1, 0.15) is 67.1 Å². The Balaban J connectivity index is 1.75. The summed E-state index contributed by atoms with van der Waals surface area (Å²) in [5, 5.41) is 8.86. The number of hydrogen-bond acceptors (Lipinski definition) is 5. The molecule has 4 rings (SSSR count). The second-order valence-corrected chi connectivity index (χ2v) is 12.4. The van der Waals surface area contributed by atoms with Gasteiger partial charge in [-0.05, 0) is 62.6 Å². The molecule has 2 aromatic carbocycles. The van der Waals surface area contributed by atoms with E-state index in [-0.39, 0.29) is 12.1 Å². The van der Waals surface area contributed by atoms with Gasteiger partial charge in [0.25, 0.3) is 0 Å². The van der Waals surface area contributed by atoms with Gasteiger partial charge in [0.15, 0.2) is 17.5 Å². The summed E-state index contributed by atoms with van der Waals surface area (Å²) in [5.41, 5.74) is -5.71. The Kier molecular flexibility index (Phi) is 10.5. The molecule has 1 aromatic heterocycles. The fourth-order valence-electron chi connectivity index (χ4n) is 5.32. The number of carbonyl (C=O) groups is 2. The van der Waals surface area contributed by atoms with Crippen molar-refractivity contribution in [3.05, 3.63) is 81.7 Å². The van der Waals surface area contributed by atoms with Gasteiger partial charge in [0.1, 0.15) is 11.4 Å². The molecule has 0 saturated carbocycles. The molecule has 50 heavy (non-hydrogen) atoms. The van der Waals surface area contributed by atoms with Crippen molar-refractivity contribution in [2.75, 3.05) is 6.54 Å². The lowest BCUT2D eigenvalue weighted by Crippen LogP contribution is -2.48. The molecular formula is C30H27F12N5O3. The van der Waals surface area contributed by atoms with Crippen molar-refractivity contribution in [2.24, 2.45) is 0 Å². The van der Waals surface area contributed by atoms with Crippen LogP contribution in [0, 0.1) is 17.5 Å². The predicted octanol–water partition coefficient (Wildman–Crippen LogP) is 7.40. The van der Waals surface area contributed by atoms with E-state index in [0.717, 1.165) is 4.90 Å². The molecule has 0 fully saturated rings. The van der Waals surface area contributed by atoms with E-state index >= 15 is 0 Å². The normalized spacial score (nSPS) is 16.2. The third-order valence-electron chi connectivity index (χ3n) is 7.37. The highest BCUT2D eigenvalue weighted by molar-refractivity contribution is 5.78. The summed E-state index contributed by atoms with van der Waals surface area (Å²) in [7, 11) is 0. The van der Waals surface area contributed by atoms with Gasteiger partial charge in [-0.15, -0.1) is 10.2 Å². The molecule has 1 aliphatic heterocycles. The topological polar surface area (TPSA) is 89.4 Å². The number of carbonyl (C=O) groups excluding carboxylic acids is 2. The van der Waals surface area contributed by atoms with E-state index in [1.807, 2.05) is 0 Å². The molecular weight excluding hydrogens is 706 g/mol. The Bertz CT molecular complexity index is 1710. The quantitative estimate of drug-likeness (QED) is 0.202. The Morgan fingerprint density at radius 3 is 1.94 bits per heavy atom. The lowest BCUT2D eigenvalue weighted by Gasteiger charge is -2.37. The summed E-state index contributed by atoms with van der Waals surface area (Å²) in [5.74, 6) is -7.47. The first-order chi connectivity index (χ1) is 22.8. The van der Waals surface area contributed by atoms with Gasteiger partial charge in [-0.25, -0.2) is 18.0 Å². The number of hydrogen-bond donors (Lipinski definition) is 1. The van der Waals surface area contributed by atoms with Crippen molar-refractivity contribution in [3.63, 3.8) is 0 Å². The second-order valence-electron chi connectivity index (χ2n) is 12.4. The molecule has 0 radical (unpaired) electrons. The first-order valence-electron chi connectivity index (χ1n) is 14.5. The first kappa shape index (κ1) is 38.3. The van der Waals surface area contributed by atoms with Gasteiger partial charge in [-0.3, -0.25) is 4.79 Å². The van der Waals surface area contributed by atoms with Gasteiger partial charge >= 0.3 is 24.6 Å². The smallest absolute Gasteiger partial charge is 0.444 e. The highest BCUT2D eigenvalue weighted by Gasteiger charge is 2.44. The number of alkyl halides is 9. The van der Waals surface area contributed by atoms with E-state index in [1.165, 1.54) is 20.8 Å². The lowest BCUT2D eigenvalue weighted by atomic mass is 9.96. The summed E-state index contributed by atoms with van der Waals surface area (Å²) < 4.78 is 171. The molecule has 1 aliphatic rings. The van der Waals surface area contributed by atoms with E-state index in [2.05, 4.69) is 15.5 Å². The number of nitrogens with one attached hydrogen (secondary N) is 1. The van der Waals surface area contributed by atoms with Crippen molar-refractivity contribution in [1.29, 1.82) is 0 Å². The standard InChI is InChI=1S/C30H27F12N5O3/c1-27(2,3)50-26(49)43-18(9-15-10-20(32)21(33)13-19(15)31)12-23(48)46-4-5-47-24(44-45-25(47)30(40,41)42)22(46)8-14-6-16(28(34,35)36)11-17(7-14)29(37,38)39/h6-7,10-11,13,18,22H,4-5,8-9,12H2,1-3H3,(H,43,49)/t18-,22+/m1/s1. The van der Waals surface area contributed by atoms with Crippen LogP contribution in [0.4, 0.5) is 57.5 Å². The number of ether oxygens (including phenoxy) is 1. The minimum absolute atomic E-state index is 0.151. The van der Waals surface area contributed by atoms with Crippen molar-refractivity contribution >= 4 is 12.0 Å². The van der Waals surface area contributed by atoms with E-state index in [4.69, 9.17) is 4.74 Å². The minimum Gasteiger partial charge on any atom is -0.444 e. The van der Waals surface area contributed by atoms with Gasteiger partial charge < -0.3 is 19.5 Å². The highest BCUT2D eigenvalue weighted by atomic mass is 19.4. The predicted molar refractivity (Wildman–Crippen MR) is 147 cm³/mol. The number of nitrogens with zero attached hydrogens (tertiary/aromatic N) is 4. The Hall–Kier alpha value is -4.52. The molecule has 2 atom stereocenters. The van der Waals surface area contributed by atoms with Crippen LogP contribution in [0.3, 0.4) is 0 Å². The maximum Gasteiger partial charge on any atom is 0.451 e. The van der Waals surface area contributed by atoms with E-state index in [1.54, 1.807) is 0 Å². The van der Waals surface area contributed by atoms with Crippen LogP contribution < -0.4 is 5.32 Å². The van der Waals surface area contributed by atoms with E-state index in [0.29, 0.717) is 22.8 Å². The molecule has 1 N–H and O–H groups in total. The van der Waals surface area contributed by atoms with Crippen molar-refractivity contribution in [1.82, 2.24) is 25.0 Å². The number of benzene rings is 2. The number of aromatic nitrogens is 3. The fourth-order valence-corrected chi connectivity index (χ4v) is 5.32. The van der Waals surface area contributed by atoms with Crippen LogP contribution in [0.5, 0.6) is 0 Å². The van der Waals surface area contributed by atoms with Crippen molar-refractivity contribution in [2.45, 2.75) is 82.8 Å². The fraction of sp³-hybridized carbons (Fsp3) is 0.467. The lowest BCUT2D eigenvalue weighted by molar-refractivity contribution is -0.149. The average Bonchev–Trinajstić information content (AvgIpc) is 3.39. The molecule has 0 aliphatic carbocycles. The van der Waals surface area contributed by atoms with Crippen molar-refractivity contribution in [3.8, 4) is 0 Å². The van der Waals surface area contributed by atoms with Crippen LogP contribution in [0.2, 0.25) is 0 Å². The number of alkyl carbamates (subject to hydrolysis) is 1. The number of amides is 2. The molecule has 0 saturated heterocycles. The Labute approximate surface area is 275 Å². The van der Waals surface area contributed by atoms with Crippen molar-refractivity contribution < 1.29 is 67.0 Å². The summed E-state index contributed by atoms with van der Waals surface area (Å²) in [4.78, 5) is 27.2. The first-order valence-corrected chi connectivity index (χ1v) is 14.5. The SMILES string of the molecule is CC(C)(C)OC(=O)N[C@@H](CC(=O)N1CCn2c(nnc2C(F)(F)F)[C@@H]1Cc1cc(C(F)(F)F)cc(C(F)(F)F)c1)Cc1cc(F)c(F)cc1F. The Morgan fingerprint density at radius 1 is 0.820 bits per heavy atom. The molecule has 20 heteroatoms. The average molecular weight is 734 g/mol. The monoisotopic (exact) mass is 733 g/mol. The summed E-state index contributed by atoms with van der Waals surface area (Å²) >= 11 is 0. The largest absolute Gasteiger partial charge is 0.451 e. The molecule has 3 aromatic rings. The summed E-state index contributed by atoms with van der Waals surface area (Å²) in [6, 6.07) is -1.97. The molecule has 274 valence electrons. The minimum atomic E-state index is -5.27. The van der Waals surface area contributed by atoms with Crippen LogP contribution in [0.15, 0.2) is 30.3 Å². The van der Waals surface area contributed by atoms with E-state index < -0.39 is 132 Å². The molecule has 0 spiro atoms. The number of fused-ring (bicyclic) bond motifs is 1. The second kappa shape index (κ2) is 13.7. The molecule has 0 bridgehead atoms. The zero-order valence-electron chi connectivity index (χ0n) is 26.1. The third-order valence-corrected chi connectivity index (χ3v) is 7.37. The van der Waals surface area contributed by atoms with Gasteiger partial charge in [0.2, 0.25) is 11.7 Å². The van der Waals surface area contributed by atoms with E-state index in [9.17, 15) is 62.3 Å². The molecule has 2 amide bonds. The Morgan fingerprint density at radius 2 is 1.40 bits per heavy atom. The van der Waals surface area contributed by atoms with Crippen LogP contribution >= 0.6 is 0 Å². The third kappa shape index (κ3) is 9.17. The molecule has 2 heterocycles. The van der Waals surface area contributed by atoms with Gasteiger partial charge in [0, 0.05) is 38.0 Å². The number of rotatable bonds is 7. The van der Waals surface area contributed by atoms with Crippen LogP contribution in [-0.4, -0.2) is 49.9 Å². The zero-order chi connectivity index (χ0) is 37.6. The molecule has 8 nitrogen and oxygen atoms in total. The summed E-state index contributed by atoms with van der Waals surface area (Å²) in [6.07, 6.45) is -19.2. The van der Waals surface area contributed by atoms with Crippen LogP contribution in [-0.2, 0) is 47.4 Å². The molecule has 0 unspecified atom stereocenters. The van der Waals surface area contributed by atoms with Gasteiger partial charge in [-0.2, -0.15) is 39.5 Å². The zero-order valence-corrected chi connectivity index (χ0v) is 26.1. The van der Waals surface area contributed by atoms with Gasteiger partial charge in [-0.1, -0.05) is 0 Å². The maximum atomic E-state index is 14.6. The summed E-state index contributed by atoms with van der Waals surface area (Å²) in [6.45, 7) is 3.22.